The summed E-state index contributed by atoms with van der Waals surface area (Å²) in [7, 11) is 0. The van der Waals surface area contributed by atoms with Gasteiger partial charge in [-0.3, -0.25) is 0 Å². The van der Waals surface area contributed by atoms with Crippen LogP contribution in [0.5, 0.6) is 0 Å². The molecule has 2 aromatic carbocycles. The Labute approximate surface area is 113 Å². The maximum atomic E-state index is 13.0. The van der Waals surface area contributed by atoms with Crippen LogP contribution in [0.25, 0.3) is 0 Å². The number of benzene rings is 2. The van der Waals surface area contributed by atoms with E-state index >= 15 is 0 Å². The van der Waals surface area contributed by atoms with Crippen molar-refractivity contribution >= 4 is 0 Å². The maximum absolute atomic E-state index is 13.0. The third-order valence-corrected chi connectivity index (χ3v) is 3.69. The lowest BCUT2D eigenvalue weighted by Crippen LogP contribution is -2.22. The zero-order valence-corrected chi connectivity index (χ0v) is 10.9. The largest absolute Gasteiger partial charge is 0.306 e. The molecular formula is C17H18FN. The van der Waals surface area contributed by atoms with E-state index in [4.69, 9.17) is 0 Å². The third-order valence-electron chi connectivity index (χ3n) is 3.69. The van der Waals surface area contributed by atoms with Crippen molar-refractivity contribution in [2.45, 2.75) is 25.4 Å². The van der Waals surface area contributed by atoms with E-state index in [-0.39, 0.29) is 5.82 Å². The Kier molecular flexibility index (Phi) is 3.60. The molecule has 0 radical (unpaired) electrons. The molecule has 0 bridgehead atoms. The van der Waals surface area contributed by atoms with E-state index in [2.05, 4.69) is 29.6 Å². The van der Waals surface area contributed by atoms with Gasteiger partial charge in [0, 0.05) is 12.6 Å². The minimum Gasteiger partial charge on any atom is -0.306 e. The average molecular weight is 255 g/mol. The lowest BCUT2D eigenvalue weighted by Gasteiger charge is -2.19. The minimum absolute atomic E-state index is 0.165. The van der Waals surface area contributed by atoms with E-state index in [0.717, 1.165) is 6.54 Å². The van der Waals surface area contributed by atoms with Crippen molar-refractivity contribution in [1.29, 1.82) is 0 Å². The summed E-state index contributed by atoms with van der Waals surface area (Å²) >= 11 is 0. The number of hydrogen-bond acceptors (Lipinski definition) is 1. The first kappa shape index (κ1) is 12.4. The predicted molar refractivity (Wildman–Crippen MR) is 75.1 cm³/mol. The molecule has 0 amide bonds. The van der Waals surface area contributed by atoms with Crippen molar-refractivity contribution in [2.24, 2.45) is 5.92 Å². The first-order valence-corrected chi connectivity index (χ1v) is 6.86. The highest BCUT2D eigenvalue weighted by atomic mass is 19.1. The molecule has 19 heavy (non-hydrogen) atoms. The molecule has 0 heterocycles. The molecule has 2 heteroatoms. The Morgan fingerprint density at radius 1 is 1.00 bits per heavy atom. The summed E-state index contributed by atoms with van der Waals surface area (Å²) in [6.45, 7) is 0.860. The second-order valence-corrected chi connectivity index (χ2v) is 5.23. The van der Waals surface area contributed by atoms with Crippen molar-refractivity contribution in [3.05, 3.63) is 71.5 Å². The molecule has 1 aliphatic rings. The summed E-state index contributed by atoms with van der Waals surface area (Å²) in [6, 6.07) is 17.6. The second kappa shape index (κ2) is 5.54. The van der Waals surface area contributed by atoms with Gasteiger partial charge in [0.1, 0.15) is 5.82 Å². The Morgan fingerprint density at radius 2 is 1.68 bits per heavy atom. The SMILES string of the molecule is Fc1ccc(C(NCc2ccccc2)C2CC2)cc1. The molecular weight excluding hydrogens is 237 g/mol. The lowest BCUT2D eigenvalue weighted by molar-refractivity contribution is 0.479. The van der Waals surface area contributed by atoms with Gasteiger partial charge in [0.25, 0.3) is 0 Å². The lowest BCUT2D eigenvalue weighted by atomic mass is 10.0. The molecule has 3 rings (SSSR count). The highest BCUT2D eigenvalue weighted by Gasteiger charge is 2.31. The van der Waals surface area contributed by atoms with Crippen LogP contribution >= 0.6 is 0 Å². The van der Waals surface area contributed by atoms with Gasteiger partial charge in [-0.2, -0.15) is 0 Å². The molecule has 2 aromatic rings. The van der Waals surface area contributed by atoms with E-state index in [1.807, 2.05) is 18.2 Å². The summed E-state index contributed by atoms with van der Waals surface area (Å²) in [5, 5.41) is 3.61. The molecule has 1 saturated carbocycles. The quantitative estimate of drug-likeness (QED) is 0.849. The van der Waals surface area contributed by atoms with Gasteiger partial charge < -0.3 is 5.32 Å². The van der Waals surface area contributed by atoms with E-state index in [1.165, 1.54) is 24.0 Å². The van der Waals surface area contributed by atoms with Gasteiger partial charge in [-0.25, -0.2) is 4.39 Å². The van der Waals surface area contributed by atoms with Gasteiger partial charge in [-0.1, -0.05) is 42.5 Å². The average Bonchev–Trinajstić information content (AvgIpc) is 3.27. The fourth-order valence-electron chi connectivity index (χ4n) is 2.48. The first-order valence-electron chi connectivity index (χ1n) is 6.86. The smallest absolute Gasteiger partial charge is 0.123 e. The van der Waals surface area contributed by atoms with Crippen LogP contribution in [0.1, 0.15) is 30.0 Å². The summed E-state index contributed by atoms with van der Waals surface area (Å²) < 4.78 is 13.0. The first-order chi connectivity index (χ1) is 9.33. The fourth-order valence-corrected chi connectivity index (χ4v) is 2.48. The Hall–Kier alpha value is -1.67. The van der Waals surface area contributed by atoms with Crippen LogP contribution in [0, 0.1) is 11.7 Å². The van der Waals surface area contributed by atoms with Crippen LogP contribution in [0.15, 0.2) is 54.6 Å². The molecule has 0 aliphatic heterocycles. The molecule has 1 unspecified atom stereocenters. The molecule has 1 nitrogen and oxygen atoms in total. The fraction of sp³-hybridized carbons (Fsp3) is 0.294. The minimum atomic E-state index is -0.165. The van der Waals surface area contributed by atoms with Gasteiger partial charge in [-0.05, 0) is 42.0 Å². The predicted octanol–water partition coefficient (Wildman–Crippen LogP) is 4.07. The highest BCUT2D eigenvalue weighted by molar-refractivity contribution is 5.23. The van der Waals surface area contributed by atoms with Crippen LogP contribution in [-0.2, 0) is 6.54 Å². The van der Waals surface area contributed by atoms with Crippen molar-refractivity contribution in [3.63, 3.8) is 0 Å². The molecule has 1 aliphatic carbocycles. The summed E-state index contributed by atoms with van der Waals surface area (Å²) in [5.74, 6) is 0.538. The van der Waals surface area contributed by atoms with Crippen molar-refractivity contribution < 1.29 is 4.39 Å². The number of nitrogens with one attached hydrogen (secondary N) is 1. The van der Waals surface area contributed by atoms with Crippen LogP contribution < -0.4 is 5.32 Å². The Bertz CT molecular complexity index is 517. The van der Waals surface area contributed by atoms with Gasteiger partial charge in [0.2, 0.25) is 0 Å². The number of hydrogen-bond donors (Lipinski definition) is 1. The van der Waals surface area contributed by atoms with E-state index < -0.39 is 0 Å². The Morgan fingerprint density at radius 3 is 2.32 bits per heavy atom. The third kappa shape index (κ3) is 3.21. The van der Waals surface area contributed by atoms with Crippen LogP contribution in [0.4, 0.5) is 4.39 Å². The zero-order valence-electron chi connectivity index (χ0n) is 10.9. The zero-order chi connectivity index (χ0) is 13.1. The number of rotatable bonds is 5. The van der Waals surface area contributed by atoms with E-state index in [9.17, 15) is 4.39 Å². The van der Waals surface area contributed by atoms with Crippen molar-refractivity contribution in [1.82, 2.24) is 5.32 Å². The highest BCUT2D eigenvalue weighted by Crippen LogP contribution is 2.41. The summed E-state index contributed by atoms with van der Waals surface area (Å²) in [4.78, 5) is 0. The summed E-state index contributed by atoms with van der Waals surface area (Å²) in [5.41, 5.74) is 2.48. The van der Waals surface area contributed by atoms with Gasteiger partial charge >= 0.3 is 0 Å². The van der Waals surface area contributed by atoms with Crippen molar-refractivity contribution in [3.8, 4) is 0 Å². The molecule has 98 valence electrons. The van der Waals surface area contributed by atoms with Gasteiger partial charge in [0.15, 0.2) is 0 Å². The molecule has 1 fully saturated rings. The standard InChI is InChI=1S/C17H18FN/c18-16-10-8-15(9-11-16)17(14-6-7-14)19-12-13-4-2-1-3-5-13/h1-5,8-11,14,17,19H,6-7,12H2. The topological polar surface area (TPSA) is 12.0 Å². The van der Waals surface area contributed by atoms with E-state index in [0.29, 0.717) is 12.0 Å². The van der Waals surface area contributed by atoms with Crippen molar-refractivity contribution in [2.75, 3.05) is 0 Å². The second-order valence-electron chi connectivity index (χ2n) is 5.23. The molecule has 1 N–H and O–H groups in total. The molecule has 1 atom stereocenters. The van der Waals surface area contributed by atoms with Crippen LogP contribution in [0.2, 0.25) is 0 Å². The van der Waals surface area contributed by atoms with Gasteiger partial charge in [0.05, 0.1) is 0 Å². The monoisotopic (exact) mass is 255 g/mol. The number of halogens is 1. The van der Waals surface area contributed by atoms with Gasteiger partial charge in [-0.15, -0.1) is 0 Å². The van der Waals surface area contributed by atoms with Crippen LogP contribution in [0.3, 0.4) is 0 Å². The normalized spacial score (nSPS) is 16.3. The molecule has 0 aromatic heterocycles. The molecule has 0 spiro atoms. The Balaban J connectivity index is 1.69. The van der Waals surface area contributed by atoms with E-state index in [1.54, 1.807) is 12.1 Å². The molecule has 0 saturated heterocycles. The summed E-state index contributed by atoms with van der Waals surface area (Å²) in [6.07, 6.45) is 2.54. The van der Waals surface area contributed by atoms with Crippen LogP contribution in [-0.4, -0.2) is 0 Å². The maximum Gasteiger partial charge on any atom is 0.123 e.